The molecule has 0 saturated carbocycles. The predicted molar refractivity (Wildman–Crippen MR) is 113 cm³/mol. The zero-order valence-electron chi connectivity index (χ0n) is 17.0. The molecule has 2 amide bonds. The van der Waals surface area contributed by atoms with E-state index in [1.165, 1.54) is 12.0 Å². The van der Waals surface area contributed by atoms with Crippen LogP contribution >= 0.6 is 11.6 Å². The number of hydrogen-bond donors (Lipinski definition) is 1. The molecule has 2 saturated heterocycles. The summed E-state index contributed by atoms with van der Waals surface area (Å²) < 4.78 is 4.97. The molecule has 30 heavy (non-hydrogen) atoms. The Morgan fingerprint density at radius 2 is 1.83 bits per heavy atom. The molecule has 2 aromatic rings. The fourth-order valence-corrected chi connectivity index (χ4v) is 4.94. The van der Waals surface area contributed by atoms with Crippen molar-refractivity contribution in [3.8, 4) is 11.1 Å². The fraction of sp³-hybridized carbons (Fsp3) is 0.348. The second-order valence-corrected chi connectivity index (χ2v) is 8.31. The van der Waals surface area contributed by atoms with Gasteiger partial charge < -0.3 is 4.74 Å². The number of likely N-dealkylation sites (tertiary alicyclic amines) is 1. The molecule has 6 nitrogen and oxygen atoms in total. The number of carbonyl (C=O) groups excluding carboxylic acids is 3. The maximum absolute atomic E-state index is 13.0. The summed E-state index contributed by atoms with van der Waals surface area (Å²) in [5, 5.41) is 3.90. The standard InChI is InChI=1S/C23H23ClN2O4/c1-4-26-20(27)17-18(21(26)28)23(2,22(29)30-3)25-19(17)14-10-8-13(9-11-14)15-6-5-7-16(24)12-15/h5-12,17-19,25H,4H2,1-3H3/t17?,18?,19?,23-/m1/s1. The summed E-state index contributed by atoms with van der Waals surface area (Å²) >= 11 is 6.09. The van der Waals surface area contributed by atoms with Crippen LogP contribution in [0.5, 0.6) is 0 Å². The summed E-state index contributed by atoms with van der Waals surface area (Å²) in [5.74, 6) is -2.58. The molecule has 2 heterocycles. The number of amides is 2. The lowest BCUT2D eigenvalue weighted by atomic mass is 9.80. The first kappa shape index (κ1) is 20.6. The molecule has 2 fully saturated rings. The van der Waals surface area contributed by atoms with Crippen molar-refractivity contribution in [3.63, 3.8) is 0 Å². The van der Waals surface area contributed by atoms with Gasteiger partial charge in [-0.25, -0.2) is 0 Å². The molecule has 1 N–H and O–H groups in total. The predicted octanol–water partition coefficient (Wildman–Crippen LogP) is 3.20. The van der Waals surface area contributed by atoms with Crippen LogP contribution in [0, 0.1) is 11.8 Å². The van der Waals surface area contributed by atoms with Gasteiger partial charge in [0.1, 0.15) is 5.54 Å². The maximum Gasteiger partial charge on any atom is 0.326 e. The van der Waals surface area contributed by atoms with Gasteiger partial charge in [0.05, 0.1) is 18.9 Å². The Kier molecular flexibility index (Phi) is 5.16. The molecule has 4 rings (SSSR count). The molecule has 0 aliphatic carbocycles. The first-order chi connectivity index (χ1) is 14.3. The summed E-state index contributed by atoms with van der Waals surface area (Å²) in [6, 6.07) is 14.8. The van der Waals surface area contributed by atoms with E-state index in [0.29, 0.717) is 5.02 Å². The Labute approximate surface area is 180 Å². The molecule has 2 aliphatic rings. The topological polar surface area (TPSA) is 75.7 Å². The zero-order valence-corrected chi connectivity index (χ0v) is 17.8. The number of nitrogens with one attached hydrogen (secondary N) is 1. The van der Waals surface area contributed by atoms with Crippen LogP contribution in [0.3, 0.4) is 0 Å². The van der Waals surface area contributed by atoms with Crippen LogP contribution < -0.4 is 5.32 Å². The quantitative estimate of drug-likeness (QED) is 0.600. The lowest BCUT2D eigenvalue weighted by Crippen LogP contribution is -2.53. The van der Waals surface area contributed by atoms with Crippen molar-refractivity contribution in [1.29, 1.82) is 0 Å². The number of fused-ring (bicyclic) bond motifs is 1. The Bertz CT molecular complexity index is 1020. The molecular weight excluding hydrogens is 404 g/mol. The Balaban J connectivity index is 1.72. The summed E-state index contributed by atoms with van der Waals surface area (Å²) in [4.78, 5) is 39.8. The number of hydrogen-bond acceptors (Lipinski definition) is 5. The average Bonchev–Trinajstić information content (AvgIpc) is 3.21. The van der Waals surface area contributed by atoms with E-state index in [-0.39, 0.29) is 18.4 Å². The van der Waals surface area contributed by atoms with Crippen LogP contribution in [0.15, 0.2) is 48.5 Å². The molecule has 0 bridgehead atoms. The SMILES string of the molecule is CCN1C(=O)C2C(c3ccc(-c4cccc(Cl)c4)cc3)N[C@@](C)(C(=O)OC)C2C1=O. The van der Waals surface area contributed by atoms with Crippen molar-refractivity contribution in [2.45, 2.75) is 25.4 Å². The minimum absolute atomic E-state index is 0.253. The second-order valence-electron chi connectivity index (χ2n) is 7.87. The first-order valence-electron chi connectivity index (χ1n) is 9.89. The maximum atomic E-state index is 13.0. The van der Waals surface area contributed by atoms with Gasteiger partial charge in [0, 0.05) is 17.6 Å². The lowest BCUT2D eigenvalue weighted by Gasteiger charge is -2.28. The van der Waals surface area contributed by atoms with E-state index in [1.807, 2.05) is 48.5 Å². The number of nitrogens with zero attached hydrogens (tertiary/aromatic N) is 1. The highest BCUT2D eigenvalue weighted by molar-refractivity contribution is 6.30. The number of rotatable bonds is 4. The molecule has 2 aliphatic heterocycles. The highest BCUT2D eigenvalue weighted by Crippen LogP contribution is 2.49. The van der Waals surface area contributed by atoms with Gasteiger partial charge in [-0.05, 0) is 42.7 Å². The van der Waals surface area contributed by atoms with Gasteiger partial charge in [-0.1, -0.05) is 48.0 Å². The monoisotopic (exact) mass is 426 g/mol. The first-order valence-corrected chi connectivity index (χ1v) is 10.3. The Morgan fingerprint density at radius 3 is 2.43 bits per heavy atom. The van der Waals surface area contributed by atoms with Gasteiger partial charge in [-0.2, -0.15) is 0 Å². The summed E-state index contributed by atoms with van der Waals surface area (Å²) in [7, 11) is 1.29. The molecule has 2 aromatic carbocycles. The van der Waals surface area contributed by atoms with Gasteiger partial charge in [0.25, 0.3) is 0 Å². The largest absolute Gasteiger partial charge is 0.468 e. The molecule has 4 atom stereocenters. The molecule has 0 aromatic heterocycles. The van der Waals surface area contributed by atoms with Gasteiger partial charge in [-0.15, -0.1) is 0 Å². The molecular formula is C23H23ClN2O4. The van der Waals surface area contributed by atoms with Crippen molar-refractivity contribution in [3.05, 3.63) is 59.1 Å². The Hall–Kier alpha value is -2.70. The van der Waals surface area contributed by atoms with Crippen LogP contribution in [-0.2, 0) is 19.1 Å². The normalized spacial score (nSPS) is 28.0. The summed E-state index contributed by atoms with van der Waals surface area (Å²) in [6.45, 7) is 3.68. The van der Waals surface area contributed by atoms with Crippen LogP contribution in [0.1, 0.15) is 25.5 Å². The minimum atomic E-state index is -1.27. The third kappa shape index (κ3) is 3.02. The second kappa shape index (κ2) is 7.52. The van der Waals surface area contributed by atoms with E-state index in [4.69, 9.17) is 16.3 Å². The van der Waals surface area contributed by atoms with Crippen molar-refractivity contribution < 1.29 is 19.1 Å². The highest BCUT2D eigenvalue weighted by Gasteiger charge is 2.66. The number of ether oxygens (including phenoxy) is 1. The van der Waals surface area contributed by atoms with E-state index < -0.39 is 29.4 Å². The van der Waals surface area contributed by atoms with E-state index in [2.05, 4.69) is 5.32 Å². The van der Waals surface area contributed by atoms with E-state index in [1.54, 1.807) is 13.8 Å². The van der Waals surface area contributed by atoms with Gasteiger partial charge in [-0.3, -0.25) is 24.6 Å². The van der Waals surface area contributed by atoms with Gasteiger partial charge in [0.15, 0.2) is 0 Å². The van der Waals surface area contributed by atoms with Crippen molar-refractivity contribution in [1.82, 2.24) is 10.2 Å². The number of benzene rings is 2. The van der Waals surface area contributed by atoms with E-state index >= 15 is 0 Å². The Morgan fingerprint density at radius 1 is 1.13 bits per heavy atom. The van der Waals surface area contributed by atoms with Crippen molar-refractivity contribution >= 4 is 29.4 Å². The van der Waals surface area contributed by atoms with Crippen molar-refractivity contribution in [2.75, 3.05) is 13.7 Å². The summed E-state index contributed by atoms with van der Waals surface area (Å²) in [5.41, 5.74) is 1.53. The van der Waals surface area contributed by atoms with Crippen LogP contribution in [-0.4, -0.2) is 41.9 Å². The number of imide groups is 1. The number of halogens is 1. The summed E-state index contributed by atoms with van der Waals surface area (Å²) in [6.07, 6.45) is 0. The fourth-order valence-electron chi connectivity index (χ4n) is 4.75. The molecule has 156 valence electrons. The van der Waals surface area contributed by atoms with Gasteiger partial charge in [0.2, 0.25) is 11.8 Å². The number of esters is 1. The van der Waals surface area contributed by atoms with Gasteiger partial charge >= 0.3 is 5.97 Å². The molecule has 3 unspecified atom stereocenters. The third-order valence-corrected chi connectivity index (χ3v) is 6.47. The van der Waals surface area contributed by atoms with E-state index in [0.717, 1.165) is 16.7 Å². The number of carbonyl (C=O) groups is 3. The van der Waals surface area contributed by atoms with Crippen LogP contribution in [0.4, 0.5) is 0 Å². The zero-order chi connectivity index (χ0) is 21.6. The molecule has 7 heteroatoms. The molecule has 0 radical (unpaired) electrons. The van der Waals surface area contributed by atoms with Crippen molar-refractivity contribution in [2.24, 2.45) is 11.8 Å². The van der Waals surface area contributed by atoms with Crippen LogP contribution in [0.25, 0.3) is 11.1 Å². The third-order valence-electron chi connectivity index (χ3n) is 6.23. The highest BCUT2D eigenvalue weighted by atomic mass is 35.5. The minimum Gasteiger partial charge on any atom is -0.468 e. The van der Waals surface area contributed by atoms with E-state index in [9.17, 15) is 14.4 Å². The lowest BCUT2D eigenvalue weighted by molar-refractivity contribution is -0.153. The number of methoxy groups -OCH3 is 1. The van der Waals surface area contributed by atoms with Crippen LogP contribution in [0.2, 0.25) is 5.02 Å². The smallest absolute Gasteiger partial charge is 0.326 e. The molecule has 0 spiro atoms. The average molecular weight is 427 g/mol.